The van der Waals surface area contributed by atoms with E-state index < -0.39 is 0 Å². The van der Waals surface area contributed by atoms with Crippen molar-refractivity contribution >= 4 is 11.6 Å². The monoisotopic (exact) mass is 237 g/mol. The van der Waals surface area contributed by atoms with E-state index in [0.29, 0.717) is 13.2 Å². The van der Waals surface area contributed by atoms with E-state index in [1.54, 1.807) is 0 Å². The molecule has 0 spiro atoms. The Balaban J connectivity index is 2.51. The third-order valence-electron chi connectivity index (χ3n) is 2.18. The molecule has 0 aliphatic heterocycles. The molecular formula is C13H16ClNO. The topological polar surface area (TPSA) is 21.3 Å². The van der Waals surface area contributed by atoms with Crippen LogP contribution >= 0.6 is 11.6 Å². The Hall–Kier alpha value is -1.17. The second kappa shape index (κ2) is 6.42. The van der Waals surface area contributed by atoms with Crippen LogP contribution in [-0.4, -0.2) is 19.7 Å². The van der Waals surface area contributed by atoms with Crippen LogP contribution in [0.3, 0.4) is 0 Å². The van der Waals surface area contributed by atoms with Gasteiger partial charge in [0.15, 0.2) is 0 Å². The fourth-order valence-corrected chi connectivity index (χ4v) is 1.84. The van der Waals surface area contributed by atoms with Crippen molar-refractivity contribution < 1.29 is 4.74 Å². The van der Waals surface area contributed by atoms with Gasteiger partial charge in [-0.15, -0.1) is 6.42 Å². The first-order chi connectivity index (χ1) is 7.65. The van der Waals surface area contributed by atoms with E-state index in [9.17, 15) is 0 Å². The van der Waals surface area contributed by atoms with Crippen molar-refractivity contribution in [2.45, 2.75) is 13.8 Å². The molecule has 16 heavy (non-hydrogen) atoms. The number of aryl methyl sites for hydroxylation is 2. The number of ether oxygens (including phenoxy) is 1. The van der Waals surface area contributed by atoms with Crippen LogP contribution < -0.4 is 10.1 Å². The zero-order chi connectivity index (χ0) is 12.0. The second-order valence-electron chi connectivity index (χ2n) is 3.60. The number of nitrogens with one attached hydrogen (secondary N) is 1. The van der Waals surface area contributed by atoms with Gasteiger partial charge in [-0.05, 0) is 37.1 Å². The fraction of sp³-hybridized carbons (Fsp3) is 0.385. The minimum Gasteiger partial charge on any atom is -0.492 e. The zero-order valence-corrected chi connectivity index (χ0v) is 10.4. The molecule has 0 saturated heterocycles. The molecule has 86 valence electrons. The lowest BCUT2D eigenvalue weighted by Crippen LogP contribution is -2.21. The summed E-state index contributed by atoms with van der Waals surface area (Å²) in [6.07, 6.45) is 5.12. The van der Waals surface area contributed by atoms with Crippen LogP contribution in [0, 0.1) is 26.2 Å². The van der Waals surface area contributed by atoms with E-state index in [-0.39, 0.29) is 0 Å². The number of hydrogen-bond donors (Lipinski definition) is 1. The third kappa shape index (κ3) is 3.77. The summed E-state index contributed by atoms with van der Waals surface area (Å²) < 4.78 is 5.68. The Morgan fingerprint density at radius 2 is 2.00 bits per heavy atom. The van der Waals surface area contributed by atoms with Crippen LogP contribution in [0.2, 0.25) is 5.02 Å². The van der Waals surface area contributed by atoms with Crippen LogP contribution in [0.5, 0.6) is 5.75 Å². The van der Waals surface area contributed by atoms with Crippen LogP contribution in [0.15, 0.2) is 12.1 Å². The summed E-state index contributed by atoms with van der Waals surface area (Å²) in [6, 6.07) is 3.80. The molecule has 1 aromatic rings. The first-order valence-corrected chi connectivity index (χ1v) is 5.56. The van der Waals surface area contributed by atoms with Gasteiger partial charge in [0.05, 0.1) is 6.54 Å². The Labute approximate surface area is 102 Å². The second-order valence-corrected chi connectivity index (χ2v) is 4.03. The molecule has 1 rings (SSSR count). The molecule has 1 N–H and O–H groups in total. The summed E-state index contributed by atoms with van der Waals surface area (Å²) in [5.41, 5.74) is 2.11. The summed E-state index contributed by atoms with van der Waals surface area (Å²) >= 11 is 5.93. The van der Waals surface area contributed by atoms with Gasteiger partial charge in [-0.1, -0.05) is 17.5 Å². The number of hydrogen-bond acceptors (Lipinski definition) is 2. The Morgan fingerprint density at radius 1 is 1.38 bits per heavy atom. The average Bonchev–Trinajstić information content (AvgIpc) is 2.20. The van der Waals surface area contributed by atoms with Gasteiger partial charge in [0.1, 0.15) is 12.4 Å². The van der Waals surface area contributed by atoms with Crippen molar-refractivity contribution in [2.24, 2.45) is 0 Å². The van der Waals surface area contributed by atoms with E-state index >= 15 is 0 Å². The maximum absolute atomic E-state index is 5.93. The van der Waals surface area contributed by atoms with Gasteiger partial charge < -0.3 is 10.1 Å². The Kier molecular flexibility index (Phi) is 5.18. The van der Waals surface area contributed by atoms with Crippen LogP contribution in [-0.2, 0) is 0 Å². The van der Waals surface area contributed by atoms with Gasteiger partial charge in [0.2, 0.25) is 0 Å². The van der Waals surface area contributed by atoms with Gasteiger partial charge in [0, 0.05) is 11.6 Å². The van der Waals surface area contributed by atoms with Crippen molar-refractivity contribution in [2.75, 3.05) is 19.7 Å². The highest BCUT2D eigenvalue weighted by atomic mass is 35.5. The lowest BCUT2D eigenvalue weighted by Gasteiger charge is -2.12. The van der Waals surface area contributed by atoms with Gasteiger partial charge in [0.25, 0.3) is 0 Å². The van der Waals surface area contributed by atoms with Crippen molar-refractivity contribution in [3.8, 4) is 18.1 Å². The van der Waals surface area contributed by atoms with E-state index in [2.05, 4.69) is 11.2 Å². The first kappa shape index (κ1) is 12.9. The molecule has 0 aliphatic carbocycles. The summed E-state index contributed by atoms with van der Waals surface area (Å²) in [7, 11) is 0. The van der Waals surface area contributed by atoms with Crippen molar-refractivity contribution in [3.05, 3.63) is 28.3 Å². The van der Waals surface area contributed by atoms with Gasteiger partial charge in [-0.2, -0.15) is 0 Å². The molecule has 0 unspecified atom stereocenters. The maximum atomic E-state index is 5.93. The number of benzene rings is 1. The minimum absolute atomic E-state index is 0.571. The summed E-state index contributed by atoms with van der Waals surface area (Å²) in [5, 5.41) is 3.81. The molecule has 0 heterocycles. The molecule has 0 amide bonds. The van der Waals surface area contributed by atoms with Crippen LogP contribution in [0.4, 0.5) is 0 Å². The van der Waals surface area contributed by atoms with Crippen LogP contribution in [0.1, 0.15) is 11.1 Å². The number of halogens is 1. The summed E-state index contributed by atoms with van der Waals surface area (Å²) in [6.45, 7) is 5.89. The molecule has 0 atom stereocenters. The predicted octanol–water partition coefficient (Wildman–Crippen LogP) is 2.56. The lowest BCUT2D eigenvalue weighted by molar-refractivity contribution is 0.312. The summed E-state index contributed by atoms with van der Waals surface area (Å²) in [5.74, 6) is 3.42. The number of terminal acetylenes is 1. The minimum atomic E-state index is 0.571. The fourth-order valence-electron chi connectivity index (χ4n) is 1.51. The first-order valence-electron chi connectivity index (χ1n) is 5.19. The molecule has 0 saturated carbocycles. The molecule has 0 radical (unpaired) electrons. The number of rotatable bonds is 5. The smallest absolute Gasteiger partial charge is 0.125 e. The van der Waals surface area contributed by atoms with E-state index in [0.717, 1.165) is 28.4 Å². The summed E-state index contributed by atoms with van der Waals surface area (Å²) in [4.78, 5) is 0. The normalized spacial score (nSPS) is 9.88. The van der Waals surface area contributed by atoms with Gasteiger partial charge >= 0.3 is 0 Å². The molecule has 0 fully saturated rings. The molecule has 1 aromatic carbocycles. The van der Waals surface area contributed by atoms with Gasteiger partial charge in [-0.25, -0.2) is 0 Å². The highest BCUT2D eigenvalue weighted by Crippen LogP contribution is 2.26. The SMILES string of the molecule is C#CCNCCOc1c(C)cc(Cl)cc1C. The highest BCUT2D eigenvalue weighted by Gasteiger charge is 2.04. The maximum Gasteiger partial charge on any atom is 0.125 e. The molecular weight excluding hydrogens is 222 g/mol. The standard InChI is InChI=1S/C13H16ClNO/c1-4-5-15-6-7-16-13-10(2)8-12(14)9-11(13)3/h1,8-9,15H,5-7H2,2-3H3. The highest BCUT2D eigenvalue weighted by molar-refractivity contribution is 6.30. The lowest BCUT2D eigenvalue weighted by atomic mass is 10.1. The van der Waals surface area contributed by atoms with E-state index in [1.165, 1.54) is 0 Å². The van der Waals surface area contributed by atoms with Gasteiger partial charge in [-0.3, -0.25) is 0 Å². The predicted molar refractivity (Wildman–Crippen MR) is 68.1 cm³/mol. The van der Waals surface area contributed by atoms with Crippen LogP contribution in [0.25, 0.3) is 0 Å². The van der Waals surface area contributed by atoms with Crippen molar-refractivity contribution in [1.82, 2.24) is 5.32 Å². The van der Waals surface area contributed by atoms with E-state index in [4.69, 9.17) is 22.8 Å². The quantitative estimate of drug-likeness (QED) is 0.628. The Morgan fingerprint density at radius 3 is 2.56 bits per heavy atom. The van der Waals surface area contributed by atoms with Crippen molar-refractivity contribution in [1.29, 1.82) is 0 Å². The third-order valence-corrected chi connectivity index (χ3v) is 2.40. The largest absolute Gasteiger partial charge is 0.492 e. The van der Waals surface area contributed by atoms with Crippen molar-refractivity contribution in [3.63, 3.8) is 0 Å². The average molecular weight is 238 g/mol. The molecule has 2 nitrogen and oxygen atoms in total. The molecule has 0 aromatic heterocycles. The molecule has 3 heteroatoms. The Bertz CT molecular complexity index is 372. The zero-order valence-electron chi connectivity index (χ0n) is 9.64. The molecule has 0 bridgehead atoms. The van der Waals surface area contributed by atoms with E-state index in [1.807, 2.05) is 26.0 Å². The molecule has 0 aliphatic rings.